The van der Waals surface area contributed by atoms with Gasteiger partial charge >= 0.3 is 0 Å². The number of hydrogen-bond donors (Lipinski definition) is 2. The van der Waals surface area contributed by atoms with Crippen LogP contribution in [0.2, 0.25) is 5.02 Å². The van der Waals surface area contributed by atoms with E-state index >= 15 is 0 Å². The molecule has 0 bridgehead atoms. The molecule has 3 aromatic rings. The number of phenols is 1. The molecule has 32 heavy (non-hydrogen) atoms. The van der Waals surface area contributed by atoms with Crippen molar-refractivity contribution < 1.29 is 13.5 Å². The van der Waals surface area contributed by atoms with Crippen LogP contribution >= 0.6 is 11.6 Å². The Kier molecular flexibility index (Phi) is 7.26. The fraction of sp³-hybridized carbons (Fsp3) is 0.240. The maximum Gasteiger partial charge on any atom is 0.284 e. The van der Waals surface area contributed by atoms with Gasteiger partial charge in [0.05, 0.1) is 4.90 Å². The molecule has 0 heterocycles. The van der Waals surface area contributed by atoms with E-state index in [1.807, 2.05) is 58.0 Å². The molecule has 5 nitrogen and oxygen atoms in total. The van der Waals surface area contributed by atoms with Crippen LogP contribution < -0.4 is 5.32 Å². The van der Waals surface area contributed by atoms with Gasteiger partial charge in [0.2, 0.25) is 0 Å². The van der Waals surface area contributed by atoms with Gasteiger partial charge in [-0.05, 0) is 59.4 Å². The summed E-state index contributed by atoms with van der Waals surface area (Å²) in [4.78, 5) is 0.0496. The van der Waals surface area contributed by atoms with Gasteiger partial charge in [0.25, 0.3) is 10.0 Å². The predicted molar refractivity (Wildman–Crippen MR) is 132 cm³/mol. The van der Waals surface area contributed by atoms with Crippen molar-refractivity contribution in [1.82, 2.24) is 0 Å². The lowest BCUT2D eigenvalue weighted by Gasteiger charge is -2.19. The standard InChI is InChI=1S/C25H27ClN2O3S/c1-16(2)22-14-20(15-23(17(3)4)24(22)29)27-25(18-8-6-5-7-9-18)28-32(30,31)21-12-10-19(26)11-13-21/h5-17,29H,1-4H3,(H,27,28). The second kappa shape index (κ2) is 9.76. The summed E-state index contributed by atoms with van der Waals surface area (Å²) in [6, 6.07) is 18.6. The number of halogens is 1. The summed E-state index contributed by atoms with van der Waals surface area (Å²) in [6.07, 6.45) is 0. The molecule has 0 fully saturated rings. The zero-order chi connectivity index (χ0) is 23.5. The summed E-state index contributed by atoms with van der Waals surface area (Å²) in [6.45, 7) is 8.00. The van der Waals surface area contributed by atoms with Gasteiger partial charge in [0, 0.05) is 16.3 Å². The van der Waals surface area contributed by atoms with Gasteiger partial charge in [0.15, 0.2) is 5.84 Å². The molecular weight excluding hydrogens is 444 g/mol. The van der Waals surface area contributed by atoms with Crippen molar-refractivity contribution in [3.05, 3.63) is 88.4 Å². The normalized spacial score (nSPS) is 12.4. The van der Waals surface area contributed by atoms with E-state index < -0.39 is 10.0 Å². The minimum absolute atomic E-state index is 0.0496. The highest BCUT2D eigenvalue weighted by Gasteiger charge is 2.19. The maximum absolute atomic E-state index is 13.0. The van der Waals surface area contributed by atoms with Crippen LogP contribution in [0.1, 0.15) is 56.2 Å². The highest BCUT2D eigenvalue weighted by atomic mass is 35.5. The molecule has 0 spiro atoms. The van der Waals surface area contributed by atoms with Crippen molar-refractivity contribution >= 4 is 33.1 Å². The fourth-order valence-corrected chi connectivity index (χ4v) is 4.40. The Labute approximate surface area is 194 Å². The van der Waals surface area contributed by atoms with Crippen LogP contribution in [-0.4, -0.2) is 19.4 Å². The molecule has 0 radical (unpaired) electrons. The van der Waals surface area contributed by atoms with Crippen LogP contribution in [0.3, 0.4) is 0 Å². The van der Waals surface area contributed by atoms with E-state index in [2.05, 4.69) is 9.71 Å². The second-order valence-electron chi connectivity index (χ2n) is 8.17. The Morgan fingerprint density at radius 3 is 1.94 bits per heavy atom. The van der Waals surface area contributed by atoms with Crippen LogP contribution in [-0.2, 0) is 10.0 Å². The molecule has 0 saturated carbocycles. The number of nitrogens with zero attached hydrogens (tertiary/aromatic N) is 1. The zero-order valence-corrected chi connectivity index (χ0v) is 20.1. The quantitative estimate of drug-likeness (QED) is 0.243. The molecule has 0 atom stereocenters. The fourth-order valence-electron chi connectivity index (χ4n) is 3.29. The van der Waals surface area contributed by atoms with Crippen LogP contribution in [0.15, 0.2) is 76.0 Å². The number of sulfonamides is 1. The molecule has 3 aromatic carbocycles. The topological polar surface area (TPSA) is 78.8 Å². The van der Waals surface area contributed by atoms with Gasteiger partial charge in [-0.1, -0.05) is 69.6 Å². The number of benzene rings is 3. The van der Waals surface area contributed by atoms with Gasteiger partial charge in [-0.3, -0.25) is 0 Å². The molecular formula is C25H27ClN2O3S. The summed E-state index contributed by atoms with van der Waals surface area (Å²) < 4.78 is 30.1. The zero-order valence-electron chi connectivity index (χ0n) is 18.5. The summed E-state index contributed by atoms with van der Waals surface area (Å²) in [5.41, 5.74) is 2.85. The first-order valence-corrected chi connectivity index (χ1v) is 12.2. The summed E-state index contributed by atoms with van der Waals surface area (Å²) in [5, 5.41) is 14.3. The van der Waals surface area contributed by atoms with Crippen LogP contribution in [0.25, 0.3) is 0 Å². The number of anilines is 1. The number of phenolic OH excluding ortho intramolecular Hbond substituents is 1. The second-order valence-corrected chi connectivity index (χ2v) is 10.2. The smallest absolute Gasteiger partial charge is 0.284 e. The summed E-state index contributed by atoms with van der Waals surface area (Å²) in [5.74, 6) is 0.636. The van der Waals surface area contributed by atoms with E-state index in [1.54, 1.807) is 12.1 Å². The number of rotatable bonds is 6. The SMILES string of the molecule is CC(C)c1cc(N/C(=N/S(=O)(=O)c2ccc(Cl)cc2)c2ccccc2)cc(C(C)C)c1O. The average Bonchev–Trinajstić information content (AvgIpc) is 2.74. The number of aromatic hydroxyl groups is 1. The van der Waals surface area contributed by atoms with Gasteiger partial charge in [-0.25, -0.2) is 0 Å². The summed E-state index contributed by atoms with van der Waals surface area (Å²) >= 11 is 5.90. The lowest BCUT2D eigenvalue weighted by molar-refractivity contribution is 0.454. The first kappa shape index (κ1) is 23.8. The molecule has 0 unspecified atom stereocenters. The van der Waals surface area contributed by atoms with Crippen LogP contribution in [0.5, 0.6) is 5.75 Å². The van der Waals surface area contributed by atoms with E-state index in [9.17, 15) is 13.5 Å². The maximum atomic E-state index is 13.0. The van der Waals surface area contributed by atoms with E-state index in [0.29, 0.717) is 16.3 Å². The minimum Gasteiger partial charge on any atom is -0.507 e. The molecule has 2 N–H and O–H groups in total. The monoisotopic (exact) mass is 470 g/mol. The van der Waals surface area contributed by atoms with Crippen molar-refractivity contribution in [2.24, 2.45) is 4.40 Å². The van der Waals surface area contributed by atoms with Gasteiger partial charge in [-0.15, -0.1) is 4.40 Å². The molecule has 0 aliphatic heterocycles. The molecule has 0 saturated heterocycles. The van der Waals surface area contributed by atoms with E-state index in [0.717, 1.165) is 11.1 Å². The first-order chi connectivity index (χ1) is 15.1. The third-order valence-corrected chi connectivity index (χ3v) is 6.59. The Morgan fingerprint density at radius 1 is 0.906 bits per heavy atom. The summed E-state index contributed by atoms with van der Waals surface area (Å²) in [7, 11) is -3.99. The first-order valence-electron chi connectivity index (χ1n) is 10.4. The third-order valence-electron chi connectivity index (χ3n) is 5.05. The highest BCUT2D eigenvalue weighted by molar-refractivity contribution is 7.90. The van der Waals surface area contributed by atoms with Crippen molar-refractivity contribution in [3.8, 4) is 5.75 Å². The Hall–Kier alpha value is -2.83. The van der Waals surface area contributed by atoms with E-state index in [4.69, 9.17) is 11.6 Å². The van der Waals surface area contributed by atoms with Crippen molar-refractivity contribution in [3.63, 3.8) is 0 Å². The van der Waals surface area contributed by atoms with Crippen LogP contribution in [0, 0.1) is 0 Å². The molecule has 0 aliphatic carbocycles. The van der Waals surface area contributed by atoms with E-state index in [-0.39, 0.29) is 28.3 Å². The number of nitrogens with one attached hydrogen (secondary N) is 1. The van der Waals surface area contributed by atoms with Crippen LogP contribution in [0.4, 0.5) is 5.69 Å². The molecule has 0 amide bonds. The molecule has 7 heteroatoms. The molecule has 0 aromatic heterocycles. The molecule has 168 valence electrons. The highest BCUT2D eigenvalue weighted by Crippen LogP contribution is 2.36. The van der Waals surface area contributed by atoms with Gasteiger partial charge < -0.3 is 10.4 Å². The van der Waals surface area contributed by atoms with Crippen molar-refractivity contribution in [2.45, 2.75) is 44.4 Å². The van der Waals surface area contributed by atoms with Crippen molar-refractivity contribution in [2.75, 3.05) is 5.32 Å². The Bertz CT molecular complexity index is 1190. The van der Waals surface area contributed by atoms with Gasteiger partial charge in [-0.2, -0.15) is 8.42 Å². The minimum atomic E-state index is -3.99. The lowest BCUT2D eigenvalue weighted by atomic mass is 9.93. The molecule has 3 rings (SSSR count). The Balaban J connectivity index is 2.13. The van der Waals surface area contributed by atoms with E-state index in [1.165, 1.54) is 24.3 Å². The average molecular weight is 471 g/mol. The van der Waals surface area contributed by atoms with Crippen molar-refractivity contribution in [1.29, 1.82) is 0 Å². The largest absolute Gasteiger partial charge is 0.507 e. The lowest BCUT2D eigenvalue weighted by Crippen LogP contribution is -2.17. The third kappa shape index (κ3) is 5.50. The Morgan fingerprint density at radius 2 is 1.44 bits per heavy atom. The van der Waals surface area contributed by atoms with Gasteiger partial charge in [0.1, 0.15) is 5.75 Å². The predicted octanol–water partition coefficient (Wildman–Crippen LogP) is 6.54. The number of hydrogen-bond acceptors (Lipinski definition) is 3. The number of amidine groups is 1. The molecule has 0 aliphatic rings.